The summed E-state index contributed by atoms with van der Waals surface area (Å²) in [6.07, 6.45) is -2.03. The van der Waals surface area contributed by atoms with Crippen molar-refractivity contribution >= 4 is 17.1 Å². The molecule has 15 nitrogen and oxygen atoms in total. The summed E-state index contributed by atoms with van der Waals surface area (Å²) in [6, 6.07) is 58.7. The molecule has 0 bridgehead atoms. The summed E-state index contributed by atoms with van der Waals surface area (Å²) in [5.74, 6) is 2.07. The Hall–Kier alpha value is -8.60. The van der Waals surface area contributed by atoms with E-state index in [9.17, 15) is 14.7 Å². The number of hydrogen-bond donors (Lipinski definition) is 1. The highest BCUT2D eigenvalue weighted by Gasteiger charge is 2.53. The van der Waals surface area contributed by atoms with Gasteiger partial charge in [0.05, 0.1) is 53.5 Å². The van der Waals surface area contributed by atoms with Crippen LogP contribution in [-0.4, -0.2) is 90.1 Å². The molecule has 0 radical (unpaired) electrons. The van der Waals surface area contributed by atoms with Gasteiger partial charge in [0, 0.05) is 0 Å². The molecule has 0 saturated carbocycles. The molecule has 1 saturated heterocycles. The molecule has 1 N–H and O–H groups in total. The number of nitrogens with zero attached hydrogens (tertiary/aromatic N) is 4. The normalized spacial score (nSPS) is 16.5. The Morgan fingerprint density at radius 3 is 1.47 bits per heavy atom. The molecule has 4 atom stereocenters. The zero-order valence-corrected chi connectivity index (χ0v) is 42.3. The van der Waals surface area contributed by atoms with Gasteiger partial charge < -0.3 is 43.0 Å². The number of aromatic nitrogens is 4. The van der Waals surface area contributed by atoms with Crippen LogP contribution in [0.4, 0.5) is 0 Å². The fraction of sp³-hybridized carbons (Fsp3) is 0.213. The highest BCUT2D eigenvalue weighted by Crippen LogP contribution is 2.48. The van der Waals surface area contributed by atoms with Gasteiger partial charge in [-0.05, 0) is 94.0 Å². The minimum atomic E-state index is -1.43. The lowest BCUT2D eigenvalue weighted by Gasteiger charge is -2.40. The summed E-state index contributed by atoms with van der Waals surface area (Å²) in [6.45, 7) is -0.249. The van der Waals surface area contributed by atoms with Crippen LogP contribution in [0.25, 0.3) is 11.2 Å². The Morgan fingerprint density at radius 1 is 0.566 bits per heavy atom. The van der Waals surface area contributed by atoms with Crippen LogP contribution in [0.2, 0.25) is 0 Å². The number of aliphatic hydroxyl groups is 1. The third-order valence-electron chi connectivity index (χ3n) is 13.8. The summed E-state index contributed by atoms with van der Waals surface area (Å²) in [5, 5.41) is 13.2. The molecule has 2 aromatic heterocycles. The van der Waals surface area contributed by atoms with Crippen molar-refractivity contribution in [2.24, 2.45) is 0 Å². The molecule has 0 amide bonds. The second kappa shape index (κ2) is 22.5. The predicted molar refractivity (Wildman–Crippen MR) is 284 cm³/mol. The molecule has 7 aromatic carbocycles. The third-order valence-corrected chi connectivity index (χ3v) is 13.8. The molecular weight excluding hydrogens is 965 g/mol. The lowest BCUT2D eigenvalue weighted by Crippen LogP contribution is -2.45. The van der Waals surface area contributed by atoms with Gasteiger partial charge in [-0.1, -0.05) is 127 Å². The number of rotatable bonds is 20. The van der Waals surface area contributed by atoms with Gasteiger partial charge in [-0.3, -0.25) is 13.9 Å². The van der Waals surface area contributed by atoms with Gasteiger partial charge in [0.15, 0.2) is 17.4 Å². The SMILES string of the molecule is COc1ccc(C(OC[C@H]2O[C@@H](n3cnc4c(=O)n(CCOC(=O)c5ccccc5)cnc43)[C@H](OC(c3ccccc3)(c3ccc(OC)cc3)c3ccc(OC)cc3)[C@@H]2O)(c2ccccc2)c2ccc(OC)cc2)cc1. The lowest BCUT2D eigenvalue weighted by atomic mass is 9.79. The Kier molecular flexibility index (Phi) is 15.1. The number of carbonyl (C=O) groups is 1. The fourth-order valence-electron chi connectivity index (χ4n) is 9.91. The van der Waals surface area contributed by atoms with Crippen molar-refractivity contribution in [2.75, 3.05) is 41.7 Å². The van der Waals surface area contributed by atoms with Gasteiger partial charge in [-0.25, -0.2) is 14.8 Å². The number of hydrogen-bond acceptors (Lipinski definition) is 13. The number of fused-ring (bicyclic) bond motifs is 1. The molecule has 15 heteroatoms. The second-order valence-electron chi connectivity index (χ2n) is 18.0. The van der Waals surface area contributed by atoms with Crippen molar-refractivity contribution < 1.29 is 47.8 Å². The Morgan fingerprint density at radius 2 is 1.00 bits per heavy atom. The zero-order chi connectivity index (χ0) is 52.7. The average molecular weight is 1020 g/mol. The molecule has 3 heterocycles. The molecule has 10 rings (SSSR count). The van der Waals surface area contributed by atoms with Crippen molar-refractivity contribution in [3.8, 4) is 23.0 Å². The monoisotopic (exact) mass is 1020 g/mol. The van der Waals surface area contributed by atoms with E-state index in [2.05, 4.69) is 4.98 Å². The summed E-state index contributed by atoms with van der Waals surface area (Å²) in [5.41, 5.74) is 1.92. The first kappa shape index (κ1) is 50.9. The standard InChI is InChI=1S/C61H56N4O11/c1-69-48-28-20-44(21-29-48)60(42-16-10-6-11-17-42,45-22-30-49(70-2)31-23-45)74-38-52-54(66)55(58(75-52)65-40-62-53-56(65)63-39-64(57(53)67)36-37-73-59(68)41-14-8-5-9-15-41)76-61(43-18-12-7-13-19-43,46-24-32-50(71-3)33-25-46)47-26-34-51(72-4)35-27-47/h5-35,39-40,52,54-55,58,66H,36-38H2,1-4H3/t52-,54-,55-,58-/m1/s1. The van der Waals surface area contributed by atoms with E-state index < -0.39 is 47.3 Å². The van der Waals surface area contributed by atoms with Gasteiger partial charge in [-0.2, -0.15) is 0 Å². The molecule has 0 aliphatic carbocycles. The topological polar surface area (TPSA) is 164 Å². The highest BCUT2D eigenvalue weighted by atomic mass is 16.6. The van der Waals surface area contributed by atoms with Gasteiger partial charge in [-0.15, -0.1) is 0 Å². The Labute approximate surface area is 439 Å². The summed E-state index contributed by atoms with van der Waals surface area (Å²) < 4.78 is 53.0. The van der Waals surface area contributed by atoms with Crippen molar-refractivity contribution in [2.45, 2.75) is 42.3 Å². The van der Waals surface area contributed by atoms with Crippen LogP contribution in [0.3, 0.4) is 0 Å². The maximum Gasteiger partial charge on any atom is 0.338 e. The fourth-order valence-corrected chi connectivity index (χ4v) is 9.91. The number of aliphatic hydroxyl groups excluding tert-OH is 1. The van der Waals surface area contributed by atoms with Crippen LogP contribution in [0, 0.1) is 0 Å². The average Bonchev–Trinajstić information content (AvgIpc) is 4.07. The van der Waals surface area contributed by atoms with E-state index in [1.165, 1.54) is 17.2 Å². The molecule has 1 aliphatic rings. The summed E-state index contributed by atoms with van der Waals surface area (Å²) in [7, 11) is 6.44. The van der Waals surface area contributed by atoms with E-state index in [0.717, 1.165) is 22.3 Å². The van der Waals surface area contributed by atoms with Gasteiger partial charge in [0.2, 0.25) is 0 Å². The van der Waals surface area contributed by atoms with Crippen molar-refractivity contribution in [3.05, 3.63) is 250 Å². The van der Waals surface area contributed by atoms with E-state index in [1.807, 2.05) is 164 Å². The van der Waals surface area contributed by atoms with Crippen LogP contribution in [0.1, 0.15) is 50.0 Å². The number of benzene rings is 7. The molecule has 76 heavy (non-hydrogen) atoms. The predicted octanol–water partition coefficient (Wildman–Crippen LogP) is 9.13. The Bertz CT molecular complexity index is 3320. The lowest BCUT2D eigenvalue weighted by molar-refractivity contribution is -0.123. The molecule has 0 spiro atoms. The van der Waals surface area contributed by atoms with Crippen molar-refractivity contribution in [1.29, 1.82) is 0 Å². The van der Waals surface area contributed by atoms with Gasteiger partial charge in [0.25, 0.3) is 5.56 Å². The van der Waals surface area contributed by atoms with Crippen LogP contribution in [-0.2, 0) is 36.7 Å². The largest absolute Gasteiger partial charge is 0.497 e. The third kappa shape index (κ3) is 9.80. The zero-order valence-electron chi connectivity index (χ0n) is 42.3. The molecule has 386 valence electrons. The molecule has 1 fully saturated rings. The van der Waals surface area contributed by atoms with E-state index in [-0.39, 0.29) is 30.9 Å². The number of methoxy groups -OCH3 is 4. The van der Waals surface area contributed by atoms with E-state index >= 15 is 0 Å². The smallest absolute Gasteiger partial charge is 0.338 e. The van der Waals surface area contributed by atoms with Crippen molar-refractivity contribution in [3.63, 3.8) is 0 Å². The summed E-state index contributed by atoms with van der Waals surface area (Å²) >= 11 is 0. The van der Waals surface area contributed by atoms with Crippen LogP contribution < -0.4 is 24.5 Å². The first-order valence-electron chi connectivity index (χ1n) is 24.7. The highest BCUT2D eigenvalue weighted by molar-refractivity contribution is 5.89. The minimum Gasteiger partial charge on any atom is -0.497 e. The maximum atomic E-state index is 14.2. The number of imidazole rings is 1. The molecule has 0 unspecified atom stereocenters. The van der Waals surface area contributed by atoms with E-state index in [1.54, 1.807) is 57.3 Å². The van der Waals surface area contributed by atoms with E-state index in [0.29, 0.717) is 39.7 Å². The van der Waals surface area contributed by atoms with Crippen LogP contribution >= 0.6 is 0 Å². The number of carbonyl (C=O) groups excluding carboxylic acids is 1. The van der Waals surface area contributed by atoms with Gasteiger partial charge in [0.1, 0.15) is 65.4 Å². The minimum absolute atomic E-state index is 0.0197. The molecule has 1 aliphatic heterocycles. The summed E-state index contributed by atoms with van der Waals surface area (Å²) in [4.78, 5) is 36.3. The number of ether oxygens (including phenoxy) is 8. The van der Waals surface area contributed by atoms with Gasteiger partial charge >= 0.3 is 5.97 Å². The first-order chi connectivity index (χ1) is 37.2. The number of esters is 1. The van der Waals surface area contributed by atoms with Crippen LogP contribution in [0.15, 0.2) is 206 Å². The molecular formula is C61H56N4O11. The quantitative estimate of drug-likeness (QED) is 0.0569. The van der Waals surface area contributed by atoms with E-state index in [4.69, 9.17) is 42.9 Å². The second-order valence-corrected chi connectivity index (χ2v) is 18.0. The van der Waals surface area contributed by atoms with Crippen LogP contribution in [0.5, 0.6) is 23.0 Å². The first-order valence-corrected chi connectivity index (χ1v) is 24.7. The van der Waals surface area contributed by atoms with Crippen molar-refractivity contribution in [1.82, 2.24) is 19.1 Å². The molecule has 9 aromatic rings. The maximum absolute atomic E-state index is 14.2. The Balaban J connectivity index is 1.09.